The summed E-state index contributed by atoms with van der Waals surface area (Å²) in [5.74, 6) is 0. The Morgan fingerprint density at radius 2 is 0.875 bits per heavy atom. The topological polar surface area (TPSA) is 89.4 Å². The molecular formula is HLi3O4Si. The summed E-state index contributed by atoms with van der Waals surface area (Å²) in [4.78, 5) is 33.1. The minimum atomic E-state index is -5.36. The average Bonchev–Trinajstić information content (AvgIpc) is 0.722. The van der Waals surface area contributed by atoms with Crippen molar-refractivity contribution in [3.05, 3.63) is 0 Å². The third-order valence-electron chi connectivity index (χ3n) is 0. The van der Waals surface area contributed by atoms with Crippen molar-refractivity contribution in [1.82, 2.24) is 0 Å². The minimum Gasteiger partial charge on any atom is -0.861 e. The Morgan fingerprint density at radius 1 is 0.875 bits per heavy atom. The van der Waals surface area contributed by atoms with Gasteiger partial charge < -0.3 is 19.2 Å². The molecular weight excluding hydrogens is 113 g/mol. The molecule has 0 aliphatic rings. The molecule has 0 atom stereocenters. The van der Waals surface area contributed by atoms with Gasteiger partial charge in [0.25, 0.3) is 0 Å². The summed E-state index contributed by atoms with van der Waals surface area (Å²) < 4.78 is 0. The maximum atomic E-state index is 8.69. The molecule has 1 N–H and O–H groups in total. The molecule has 0 unspecified atom stereocenters. The van der Waals surface area contributed by atoms with Gasteiger partial charge in [0.15, 0.2) is 0 Å². The average molecular weight is 114 g/mol. The molecule has 0 aliphatic carbocycles. The van der Waals surface area contributed by atoms with Gasteiger partial charge in [-0.3, -0.25) is 0 Å². The smallest absolute Gasteiger partial charge is 0.861 e. The van der Waals surface area contributed by atoms with E-state index >= 15 is 0 Å². The van der Waals surface area contributed by atoms with Crippen LogP contribution in [0.3, 0.4) is 0 Å². The summed E-state index contributed by atoms with van der Waals surface area (Å²) >= 11 is 0. The van der Waals surface area contributed by atoms with Gasteiger partial charge in [-0.05, 0) is 0 Å². The zero-order valence-electron chi connectivity index (χ0n) is 5.17. The Morgan fingerprint density at radius 3 is 0.875 bits per heavy atom. The quantitative estimate of drug-likeness (QED) is 0.316. The predicted octanol–water partition coefficient (Wildman–Crippen LogP) is -13.5. The van der Waals surface area contributed by atoms with Crippen molar-refractivity contribution >= 4 is 9.05 Å². The molecule has 0 aliphatic heterocycles. The SMILES string of the molecule is [Li+].[Li+].[Li+].[O-][Si]([O-])([O-])O. The van der Waals surface area contributed by atoms with Crippen molar-refractivity contribution in [2.75, 3.05) is 0 Å². The van der Waals surface area contributed by atoms with Crippen molar-refractivity contribution in [2.24, 2.45) is 0 Å². The molecule has 0 saturated carbocycles. The van der Waals surface area contributed by atoms with E-state index in [2.05, 4.69) is 0 Å². The molecule has 4 nitrogen and oxygen atoms in total. The Kier molecular flexibility index (Phi) is 24.9. The standard InChI is InChI=1S/3Li.HO4Si/c;;;1-5(2,3)4/h;;;1H/q3*+1;-3. The van der Waals surface area contributed by atoms with Crippen molar-refractivity contribution in [3.8, 4) is 0 Å². The van der Waals surface area contributed by atoms with Crippen LogP contribution >= 0.6 is 0 Å². The van der Waals surface area contributed by atoms with Gasteiger partial charge in [-0.1, -0.05) is 0 Å². The first-order valence-electron chi connectivity index (χ1n) is 0.836. The van der Waals surface area contributed by atoms with Gasteiger partial charge in [0.1, 0.15) is 0 Å². The van der Waals surface area contributed by atoms with Crippen molar-refractivity contribution < 1.29 is 75.8 Å². The summed E-state index contributed by atoms with van der Waals surface area (Å²) in [5, 5.41) is 0. The molecule has 0 radical (unpaired) electrons. The van der Waals surface area contributed by atoms with E-state index in [4.69, 9.17) is 19.2 Å². The van der Waals surface area contributed by atoms with E-state index in [-0.39, 0.29) is 56.6 Å². The zero-order chi connectivity index (χ0) is 4.50. The fraction of sp³-hybridized carbons (Fsp3) is 0. The van der Waals surface area contributed by atoms with Gasteiger partial charge >= 0.3 is 56.6 Å². The van der Waals surface area contributed by atoms with Crippen LogP contribution in [0.25, 0.3) is 0 Å². The Hall–Kier alpha value is 1.85. The predicted molar refractivity (Wildman–Crippen MR) is 7.97 cm³/mol. The molecule has 0 heterocycles. The summed E-state index contributed by atoms with van der Waals surface area (Å²) in [6.45, 7) is 0. The van der Waals surface area contributed by atoms with Gasteiger partial charge in [-0.15, -0.1) is 9.05 Å². The maximum absolute atomic E-state index is 8.69. The number of rotatable bonds is 0. The van der Waals surface area contributed by atoms with Crippen LogP contribution in [-0.2, 0) is 0 Å². The first-order chi connectivity index (χ1) is 2.00. The van der Waals surface area contributed by atoms with Gasteiger partial charge in [-0.2, -0.15) is 0 Å². The zero-order valence-corrected chi connectivity index (χ0v) is 6.17. The van der Waals surface area contributed by atoms with Crippen molar-refractivity contribution in [1.29, 1.82) is 0 Å². The second kappa shape index (κ2) is 8.85. The van der Waals surface area contributed by atoms with Gasteiger partial charge in [-0.25, -0.2) is 0 Å². The largest absolute Gasteiger partial charge is 1.00 e. The van der Waals surface area contributed by atoms with Crippen molar-refractivity contribution in [3.63, 3.8) is 0 Å². The summed E-state index contributed by atoms with van der Waals surface area (Å²) in [5.41, 5.74) is 0. The maximum Gasteiger partial charge on any atom is 1.00 e. The molecule has 0 amide bonds. The number of hydrogen-bond acceptors (Lipinski definition) is 4. The van der Waals surface area contributed by atoms with Crippen LogP contribution in [0.4, 0.5) is 0 Å². The molecule has 0 rings (SSSR count). The molecule has 0 spiro atoms. The minimum absolute atomic E-state index is 0. The van der Waals surface area contributed by atoms with Crippen LogP contribution in [0.1, 0.15) is 0 Å². The van der Waals surface area contributed by atoms with E-state index < -0.39 is 9.05 Å². The fourth-order valence-corrected chi connectivity index (χ4v) is 0. The first kappa shape index (κ1) is 22.5. The molecule has 0 fully saturated rings. The molecule has 0 aromatic heterocycles. The van der Waals surface area contributed by atoms with E-state index in [1.165, 1.54) is 0 Å². The number of hydrogen-bond donors (Lipinski definition) is 1. The molecule has 8 heteroatoms. The molecule has 32 valence electrons. The molecule has 8 heavy (non-hydrogen) atoms. The van der Waals surface area contributed by atoms with Crippen LogP contribution in [-0.4, -0.2) is 13.8 Å². The van der Waals surface area contributed by atoms with Gasteiger partial charge in [0, 0.05) is 0 Å². The third-order valence-corrected chi connectivity index (χ3v) is 0. The van der Waals surface area contributed by atoms with Crippen LogP contribution < -0.4 is 71.0 Å². The summed E-state index contributed by atoms with van der Waals surface area (Å²) in [6.07, 6.45) is 0. The van der Waals surface area contributed by atoms with E-state index in [1.807, 2.05) is 0 Å². The van der Waals surface area contributed by atoms with Gasteiger partial charge in [0.05, 0.1) is 0 Å². The molecule has 0 aromatic rings. The van der Waals surface area contributed by atoms with Crippen LogP contribution in [0.15, 0.2) is 0 Å². The van der Waals surface area contributed by atoms with Crippen LogP contribution in [0.2, 0.25) is 0 Å². The van der Waals surface area contributed by atoms with E-state index in [9.17, 15) is 0 Å². The summed E-state index contributed by atoms with van der Waals surface area (Å²) in [6, 6.07) is 0. The molecule has 0 saturated heterocycles. The Bertz CT molecular complexity index is 26.8. The Labute approximate surface area is 84.3 Å². The van der Waals surface area contributed by atoms with Crippen LogP contribution in [0.5, 0.6) is 0 Å². The Balaban J connectivity index is -0.0000000267. The van der Waals surface area contributed by atoms with Gasteiger partial charge in [0.2, 0.25) is 0 Å². The van der Waals surface area contributed by atoms with Crippen LogP contribution in [0, 0.1) is 0 Å². The normalized spacial score (nSPS) is 7.50. The van der Waals surface area contributed by atoms with E-state index in [0.29, 0.717) is 0 Å². The summed E-state index contributed by atoms with van der Waals surface area (Å²) in [7, 11) is -5.36. The monoisotopic (exact) mass is 114 g/mol. The van der Waals surface area contributed by atoms with E-state index in [1.54, 1.807) is 0 Å². The molecule has 0 aromatic carbocycles. The first-order valence-corrected chi connectivity index (χ1v) is 2.51. The van der Waals surface area contributed by atoms with Crippen molar-refractivity contribution in [2.45, 2.75) is 0 Å². The second-order valence-corrected chi connectivity index (χ2v) is 1.57. The second-order valence-electron chi connectivity index (χ2n) is 0.524. The fourth-order valence-electron chi connectivity index (χ4n) is 0. The molecule has 0 bridgehead atoms. The van der Waals surface area contributed by atoms with E-state index in [0.717, 1.165) is 0 Å². The third kappa shape index (κ3) is 108.